The zero-order valence-electron chi connectivity index (χ0n) is 15.2. The van der Waals surface area contributed by atoms with E-state index >= 15 is 0 Å². The van der Waals surface area contributed by atoms with Crippen molar-refractivity contribution in [1.82, 2.24) is 10.1 Å². The lowest BCUT2D eigenvalue weighted by Crippen LogP contribution is -2.19. The smallest absolute Gasteiger partial charge is 0.0984 e. The lowest BCUT2D eigenvalue weighted by molar-refractivity contribution is 0.970. The van der Waals surface area contributed by atoms with Gasteiger partial charge in [0.05, 0.1) is 11.4 Å². The van der Waals surface area contributed by atoms with Gasteiger partial charge in [0.2, 0.25) is 0 Å². The molecule has 0 amide bonds. The first kappa shape index (κ1) is 17.6. The van der Waals surface area contributed by atoms with Gasteiger partial charge in [-0.2, -0.15) is 5.10 Å². The number of rotatable bonds is 5. The lowest BCUT2D eigenvalue weighted by atomic mass is 9.94. The monoisotopic (exact) mass is 371 g/mol. The molecule has 134 valence electrons. The van der Waals surface area contributed by atoms with Gasteiger partial charge in [0.25, 0.3) is 0 Å². The van der Waals surface area contributed by atoms with E-state index in [0.29, 0.717) is 0 Å². The van der Waals surface area contributed by atoms with E-state index in [2.05, 4.69) is 89.4 Å². The molecule has 1 heterocycles. The second-order valence-electron chi connectivity index (χ2n) is 6.53. The standard InChI is InChI=1S/C23H21N3S/c1-16-7-13-20(14-8-16)27-24-15-18-9-11-19(12-10-18)23-22-6-4-3-5-21(22)17(2)25-26-23/h3-14,24-25H,2,15H2,1H3. The second kappa shape index (κ2) is 7.82. The molecule has 0 aliphatic carbocycles. The Bertz CT molecular complexity index is 989. The summed E-state index contributed by atoms with van der Waals surface area (Å²) in [4.78, 5) is 1.22. The van der Waals surface area contributed by atoms with Crippen LogP contribution in [0.3, 0.4) is 0 Å². The molecule has 0 unspecified atom stereocenters. The second-order valence-corrected chi connectivity index (χ2v) is 7.49. The van der Waals surface area contributed by atoms with Crippen LogP contribution in [-0.2, 0) is 6.54 Å². The maximum absolute atomic E-state index is 4.51. The minimum atomic E-state index is 0.803. The summed E-state index contributed by atoms with van der Waals surface area (Å²) in [5, 5.41) is 4.51. The molecule has 4 rings (SSSR count). The Morgan fingerprint density at radius 3 is 2.37 bits per heavy atom. The Morgan fingerprint density at radius 1 is 0.926 bits per heavy atom. The summed E-state index contributed by atoms with van der Waals surface area (Å²) in [5.74, 6) is 0. The first-order valence-corrected chi connectivity index (χ1v) is 9.70. The molecule has 4 heteroatoms. The molecule has 0 saturated carbocycles. The van der Waals surface area contributed by atoms with Crippen LogP contribution in [0, 0.1) is 6.92 Å². The van der Waals surface area contributed by atoms with Crippen LogP contribution in [0.4, 0.5) is 0 Å². The normalized spacial score (nSPS) is 12.9. The molecule has 3 aromatic carbocycles. The Kier molecular flexibility index (Phi) is 5.10. The third kappa shape index (κ3) is 3.97. The molecule has 0 atom stereocenters. The Morgan fingerprint density at radius 2 is 1.63 bits per heavy atom. The molecule has 0 bridgehead atoms. The van der Waals surface area contributed by atoms with E-state index in [4.69, 9.17) is 0 Å². The highest BCUT2D eigenvalue weighted by Gasteiger charge is 2.17. The number of benzene rings is 3. The van der Waals surface area contributed by atoms with Crippen molar-refractivity contribution in [2.75, 3.05) is 0 Å². The van der Waals surface area contributed by atoms with E-state index in [1.54, 1.807) is 11.9 Å². The number of hydrogen-bond donors (Lipinski definition) is 2. The molecule has 0 radical (unpaired) electrons. The third-order valence-electron chi connectivity index (χ3n) is 4.52. The van der Waals surface area contributed by atoms with Crippen molar-refractivity contribution >= 4 is 23.4 Å². The predicted octanol–water partition coefficient (Wildman–Crippen LogP) is 5.12. The summed E-state index contributed by atoms with van der Waals surface area (Å²) in [6.07, 6.45) is 0. The van der Waals surface area contributed by atoms with Gasteiger partial charge in [-0.1, -0.05) is 72.8 Å². The number of aryl methyl sites for hydroxylation is 1. The fraction of sp³-hybridized carbons (Fsp3) is 0.0870. The van der Waals surface area contributed by atoms with Crippen LogP contribution in [0.5, 0.6) is 0 Å². The maximum Gasteiger partial charge on any atom is 0.0984 e. The van der Waals surface area contributed by atoms with Crippen molar-refractivity contribution in [2.45, 2.75) is 18.4 Å². The van der Waals surface area contributed by atoms with Gasteiger partial charge in [-0.3, -0.25) is 10.1 Å². The van der Waals surface area contributed by atoms with Crippen molar-refractivity contribution in [3.8, 4) is 0 Å². The molecular weight excluding hydrogens is 350 g/mol. The molecular formula is C23H21N3S. The molecule has 0 saturated heterocycles. The summed E-state index contributed by atoms with van der Waals surface area (Å²) >= 11 is 1.65. The zero-order valence-corrected chi connectivity index (χ0v) is 16.0. The van der Waals surface area contributed by atoms with Gasteiger partial charge < -0.3 is 0 Å². The average molecular weight is 372 g/mol. The maximum atomic E-state index is 4.51. The van der Waals surface area contributed by atoms with Crippen LogP contribution in [0.15, 0.2) is 89.4 Å². The summed E-state index contributed by atoms with van der Waals surface area (Å²) in [7, 11) is 0. The number of nitrogens with zero attached hydrogens (tertiary/aromatic N) is 1. The predicted molar refractivity (Wildman–Crippen MR) is 115 cm³/mol. The van der Waals surface area contributed by atoms with Crippen molar-refractivity contribution < 1.29 is 0 Å². The molecule has 0 aromatic heterocycles. The summed E-state index contributed by atoms with van der Waals surface area (Å²) in [5.41, 5.74) is 10.6. The van der Waals surface area contributed by atoms with Gasteiger partial charge in [0.15, 0.2) is 0 Å². The van der Waals surface area contributed by atoms with E-state index in [1.807, 2.05) is 12.1 Å². The molecule has 3 nitrogen and oxygen atoms in total. The topological polar surface area (TPSA) is 36.4 Å². The quantitative estimate of drug-likeness (QED) is 0.611. The van der Waals surface area contributed by atoms with Gasteiger partial charge >= 0.3 is 0 Å². The summed E-state index contributed by atoms with van der Waals surface area (Å²) in [6.45, 7) is 6.94. The van der Waals surface area contributed by atoms with Crippen molar-refractivity contribution in [2.24, 2.45) is 5.10 Å². The highest BCUT2D eigenvalue weighted by Crippen LogP contribution is 2.24. The van der Waals surface area contributed by atoms with Crippen LogP contribution in [0.25, 0.3) is 5.70 Å². The fourth-order valence-corrected chi connectivity index (χ4v) is 3.68. The number of hydrazone groups is 1. The molecule has 0 fully saturated rings. The van der Waals surface area contributed by atoms with Crippen LogP contribution < -0.4 is 10.1 Å². The van der Waals surface area contributed by atoms with Crippen molar-refractivity contribution in [3.05, 3.63) is 107 Å². The number of fused-ring (bicyclic) bond motifs is 1. The molecule has 27 heavy (non-hydrogen) atoms. The molecule has 1 aliphatic rings. The van der Waals surface area contributed by atoms with Crippen LogP contribution in [0.2, 0.25) is 0 Å². The Hall–Kier alpha value is -2.82. The van der Waals surface area contributed by atoms with Gasteiger partial charge in [-0.15, -0.1) is 0 Å². The minimum absolute atomic E-state index is 0.803. The number of hydrogen-bond acceptors (Lipinski definition) is 4. The highest BCUT2D eigenvalue weighted by molar-refractivity contribution is 7.97. The highest BCUT2D eigenvalue weighted by atomic mass is 32.2. The van der Waals surface area contributed by atoms with Crippen molar-refractivity contribution in [3.63, 3.8) is 0 Å². The van der Waals surface area contributed by atoms with Gasteiger partial charge in [-0.05, 0) is 36.6 Å². The van der Waals surface area contributed by atoms with Crippen LogP contribution in [0.1, 0.15) is 27.8 Å². The first-order chi connectivity index (χ1) is 13.2. The molecule has 0 spiro atoms. The van der Waals surface area contributed by atoms with E-state index < -0.39 is 0 Å². The van der Waals surface area contributed by atoms with Gasteiger partial charge in [0, 0.05) is 28.1 Å². The SMILES string of the molecule is C=C1NN=C(c2ccc(CNSc3ccc(C)cc3)cc2)c2ccccc21. The Labute approximate surface area is 164 Å². The summed E-state index contributed by atoms with van der Waals surface area (Å²) < 4.78 is 3.42. The minimum Gasteiger partial charge on any atom is -0.278 e. The van der Waals surface area contributed by atoms with Crippen LogP contribution in [-0.4, -0.2) is 5.71 Å². The molecule has 1 aliphatic heterocycles. The van der Waals surface area contributed by atoms with E-state index in [-0.39, 0.29) is 0 Å². The molecule has 2 N–H and O–H groups in total. The van der Waals surface area contributed by atoms with E-state index in [9.17, 15) is 0 Å². The first-order valence-electron chi connectivity index (χ1n) is 8.89. The molecule has 3 aromatic rings. The van der Waals surface area contributed by atoms with Gasteiger partial charge in [0.1, 0.15) is 0 Å². The van der Waals surface area contributed by atoms with Crippen molar-refractivity contribution in [1.29, 1.82) is 0 Å². The average Bonchev–Trinajstić information content (AvgIpc) is 2.71. The number of nitrogens with one attached hydrogen (secondary N) is 2. The lowest BCUT2D eigenvalue weighted by Gasteiger charge is -2.19. The van der Waals surface area contributed by atoms with Gasteiger partial charge in [-0.25, -0.2) is 0 Å². The van der Waals surface area contributed by atoms with Crippen LogP contribution >= 0.6 is 11.9 Å². The fourth-order valence-electron chi connectivity index (χ4n) is 3.01. The largest absolute Gasteiger partial charge is 0.278 e. The Balaban J connectivity index is 1.43. The third-order valence-corrected chi connectivity index (χ3v) is 5.32. The van der Waals surface area contributed by atoms with E-state index in [1.165, 1.54) is 16.0 Å². The zero-order chi connectivity index (χ0) is 18.6. The summed E-state index contributed by atoms with van der Waals surface area (Å²) in [6, 6.07) is 25.3. The van der Waals surface area contributed by atoms with E-state index in [0.717, 1.165) is 34.6 Å².